The van der Waals surface area contributed by atoms with Crippen LogP contribution in [0.4, 0.5) is 0 Å². The van der Waals surface area contributed by atoms with Gasteiger partial charge in [0.15, 0.2) is 0 Å². The lowest BCUT2D eigenvalue weighted by Crippen LogP contribution is -2.51. The fourth-order valence-corrected chi connectivity index (χ4v) is 1.70. The SMILES string of the molecule is CCSCCC(C)NC(=O)C(C)(C)N. The van der Waals surface area contributed by atoms with E-state index in [-0.39, 0.29) is 11.9 Å². The van der Waals surface area contributed by atoms with Crippen LogP contribution >= 0.6 is 11.8 Å². The van der Waals surface area contributed by atoms with E-state index in [0.29, 0.717) is 0 Å². The number of amides is 1. The summed E-state index contributed by atoms with van der Waals surface area (Å²) in [6.45, 7) is 7.59. The smallest absolute Gasteiger partial charge is 0.239 e. The minimum Gasteiger partial charge on any atom is -0.352 e. The van der Waals surface area contributed by atoms with Crippen molar-refractivity contribution in [2.24, 2.45) is 5.73 Å². The summed E-state index contributed by atoms with van der Waals surface area (Å²) in [6, 6.07) is 0.212. The van der Waals surface area contributed by atoms with E-state index in [2.05, 4.69) is 12.2 Å². The molecule has 0 aliphatic heterocycles. The van der Waals surface area contributed by atoms with Crippen LogP contribution in [0.5, 0.6) is 0 Å². The van der Waals surface area contributed by atoms with E-state index in [0.717, 1.165) is 17.9 Å². The Morgan fingerprint density at radius 2 is 2.14 bits per heavy atom. The molecular weight excluding hydrogens is 196 g/mol. The van der Waals surface area contributed by atoms with Crippen molar-refractivity contribution >= 4 is 17.7 Å². The van der Waals surface area contributed by atoms with Gasteiger partial charge in [0.05, 0.1) is 5.54 Å². The van der Waals surface area contributed by atoms with Crippen molar-refractivity contribution in [1.29, 1.82) is 0 Å². The first kappa shape index (κ1) is 13.8. The second-order valence-electron chi connectivity index (χ2n) is 4.08. The van der Waals surface area contributed by atoms with E-state index in [1.165, 1.54) is 0 Å². The summed E-state index contributed by atoms with van der Waals surface area (Å²) in [5.74, 6) is 2.14. The Hall–Kier alpha value is -0.220. The largest absolute Gasteiger partial charge is 0.352 e. The van der Waals surface area contributed by atoms with E-state index in [1.54, 1.807) is 13.8 Å². The molecular formula is C10H22N2OS. The maximum Gasteiger partial charge on any atom is 0.239 e. The summed E-state index contributed by atoms with van der Waals surface area (Å²) in [7, 11) is 0. The van der Waals surface area contributed by atoms with Crippen LogP contribution in [0, 0.1) is 0 Å². The molecule has 14 heavy (non-hydrogen) atoms. The third-order valence-electron chi connectivity index (χ3n) is 1.86. The van der Waals surface area contributed by atoms with E-state index >= 15 is 0 Å². The van der Waals surface area contributed by atoms with Crippen LogP contribution in [0.2, 0.25) is 0 Å². The molecule has 84 valence electrons. The number of carbonyl (C=O) groups is 1. The molecule has 0 aliphatic rings. The topological polar surface area (TPSA) is 55.1 Å². The van der Waals surface area contributed by atoms with Crippen LogP contribution < -0.4 is 11.1 Å². The van der Waals surface area contributed by atoms with Crippen LogP contribution in [0.1, 0.15) is 34.1 Å². The number of hydrogen-bond acceptors (Lipinski definition) is 3. The molecule has 0 aromatic rings. The first-order valence-electron chi connectivity index (χ1n) is 5.05. The van der Waals surface area contributed by atoms with Crippen LogP contribution in [0.25, 0.3) is 0 Å². The molecule has 0 saturated heterocycles. The monoisotopic (exact) mass is 218 g/mol. The van der Waals surface area contributed by atoms with Gasteiger partial charge in [-0.25, -0.2) is 0 Å². The van der Waals surface area contributed by atoms with Crippen molar-refractivity contribution in [3.8, 4) is 0 Å². The van der Waals surface area contributed by atoms with Crippen molar-refractivity contribution in [3.05, 3.63) is 0 Å². The predicted molar refractivity (Wildman–Crippen MR) is 63.5 cm³/mol. The number of nitrogens with one attached hydrogen (secondary N) is 1. The lowest BCUT2D eigenvalue weighted by molar-refractivity contribution is -0.125. The molecule has 0 radical (unpaired) electrons. The zero-order valence-electron chi connectivity index (χ0n) is 9.59. The highest BCUT2D eigenvalue weighted by atomic mass is 32.2. The van der Waals surface area contributed by atoms with E-state index in [9.17, 15) is 4.79 Å². The maximum absolute atomic E-state index is 11.5. The standard InChI is InChI=1S/C10H22N2OS/c1-5-14-7-6-8(2)12-9(13)10(3,4)11/h8H,5-7,11H2,1-4H3,(H,12,13). The first-order valence-corrected chi connectivity index (χ1v) is 6.21. The Kier molecular flexibility index (Phi) is 6.20. The van der Waals surface area contributed by atoms with Gasteiger partial charge < -0.3 is 11.1 Å². The molecule has 4 heteroatoms. The van der Waals surface area contributed by atoms with Gasteiger partial charge in [0.2, 0.25) is 5.91 Å². The Balaban J connectivity index is 3.72. The van der Waals surface area contributed by atoms with E-state index < -0.39 is 5.54 Å². The van der Waals surface area contributed by atoms with Crippen molar-refractivity contribution < 1.29 is 4.79 Å². The average molecular weight is 218 g/mol. The van der Waals surface area contributed by atoms with E-state index in [1.807, 2.05) is 18.7 Å². The summed E-state index contributed by atoms with van der Waals surface area (Å²) < 4.78 is 0. The van der Waals surface area contributed by atoms with Gasteiger partial charge in [-0.3, -0.25) is 4.79 Å². The lowest BCUT2D eigenvalue weighted by atomic mass is 10.1. The van der Waals surface area contributed by atoms with Crippen molar-refractivity contribution in [2.45, 2.75) is 45.7 Å². The van der Waals surface area contributed by atoms with Gasteiger partial charge in [-0.05, 0) is 38.7 Å². The van der Waals surface area contributed by atoms with Crippen LogP contribution in [0.3, 0.4) is 0 Å². The molecule has 1 atom stereocenters. The molecule has 0 fully saturated rings. The fourth-order valence-electron chi connectivity index (χ4n) is 0.886. The summed E-state index contributed by atoms with van der Waals surface area (Å²) in [5.41, 5.74) is 4.89. The minimum atomic E-state index is -0.772. The highest BCUT2D eigenvalue weighted by Gasteiger charge is 2.22. The molecule has 0 bridgehead atoms. The van der Waals surface area contributed by atoms with Gasteiger partial charge in [-0.1, -0.05) is 6.92 Å². The third-order valence-corrected chi connectivity index (χ3v) is 2.79. The van der Waals surface area contributed by atoms with Gasteiger partial charge in [-0.15, -0.1) is 0 Å². The summed E-state index contributed by atoms with van der Waals surface area (Å²) >= 11 is 1.89. The molecule has 1 amide bonds. The van der Waals surface area contributed by atoms with Crippen molar-refractivity contribution in [3.63, 3.8) is 0 Å². The van der Waals surface area contributed by atoms with Gasteiger partial charge in [0, 0.05) is 6.04 Å². The second kappa shape index (κ2) is 6.30. The number of hydrogen-bond donors (Lipinski definition) is 2. The third kappa shape index (κ3) is 6.27. The van der Waals surface area contributed by atoms with Crippen LogP contribution in [0.15, 0.2) is 0 Å². The molecule has 0 aromatic carbocycles. The van der Waals surface area contributed by atoms with E-state index in [4.69, 9.17) is 5.73 Å². The zero-order chi connectivity index (χ0) is 11.2. The zero-order valence-corrected chi connectivity index (χ0v) is 10.4. The number of nitrogens with two attached hydrogens (primary N) is 1. The molecule has 3 N–H and O–H groups in total. The highest BCUT2D eigenvalue weighted by molar-refractivity contribution is 7.99. The molecule has 0 spiro atoms. The van der Waals surface area contributed by atoms with Gasteiger partial charge >= 0.3 is 0 Å². The van der Waals surface area contributed by atoms with Crippen molar-refractivity contribution in [1.82, 2.24) is 5.32 Å². The molecule has 0 saturated carbocycles. The van der Waals surface area contributed by atoms with Crippen molar-refractivity contribution in [2.75, 3.05) is 11.5 Å². The first-order chi connectivity index (χ1) is 6.38. The fraction of sp³-hybridized carbons (Fsp3) is 0.900. The summed E-state index contributed by atoms with van der Waals surface area (Å²) in [6.07, 6.45) is 1.00. The predicted octanol–water partition coefficient (Wildman–Crippen LogP) is 1.37. The quantitative estimate of drug-likeness (QED) is 0.662. The summed E-state index contributed by atoms with van der Waals surface area (Å²) in [5, 5.41) is 2.90. The molecule has 0 heterocycles. The number of carbonyl (C=O) groups excluding carboxylic acids is 1. The van der Waals surface area contributed by atoms with Crippen LogP contribution in [-0.2, 0) is 4.79 Å². The van der Waals surface area contributed by atoms with Gasteiger partial charge in [0.1, 0.15) is 0 Å². The van der Waals surface area contributed by atoms with Gasteiger partial charge in [0.25, 0.3) is 0 Å². The maximum atomic E-state index is 11.5. The molecule has 0 aromatic heterocycles. The molecule has 0 aliphatic carbocycles. The molecule has 3 nitrogen and oxygen atoms in total. The minimum absolute atomic E-state index is 0.0773. The Labute approximate surface area is 91.2 Å². The second-order valence-corrected chi connectivity index (χ2v) is 5.48. The average Bonchev–Trinajstić information content (AvgIpc) is 2.03. The molecule has 1 unspecified atom stereocenters. The van der Waals surface area contributed by atoms with Crippen LogP contribution in [-0.4, -0.2) is 29.0 Å². The number of thioether (sulfide) groups is 1. The number of rotatable bonds is 6. The lowest BCUT2D eigenvalue weighted by Gasteiger charge is -2.21. The summed E-state index contributed by atoms with van der Waals surface area (Å²) in [4.78, 5) is 11.5. The van der Waals surface area contributed by atoms with Gasteiger partial charge in [-0.2, -0.15) is 11.8 Å². The normalized spacial score (nSPS) is 13.8. The Bertz CT molecular complexity index is 177. The molecule has 0 rings (SSSR count). The Morgan fingerprint density at radius 3 is 2.57 bits per heavy atom. The highest BCUT2D eigenvalue weighted by Crippen LogP contribution is 2.05. The Morgan fingerprint density at radius 1 is 1.57 bits per heavy atom.